The Kier molecular flexibility index (Phi) is 6.40. The maximum Gasteiger partial charge on any atom is 0.270 e. The van der Waals surface area contributed by atoms with Crippen molar-refractivity contribution in [3.63, 3.8) is 0 Å². The van der Waals surface area contributed by atoms with Gasteiger partial charge in [-0.15, -0.1) is 0 Å². The second-order valence-electron chi connectivity index (χ2n) is 6.18. The van der Waals surface area contributed by atoms with E-state index < -0.39 is 14.9 Å². The normalized spacial score (nSPS) is 11.4. The van der Waals surface area contributed by atoms with E-state index >= 15 is 0 Å². The third-order valence-electron chi connectivity index (χ3n) is 3.73. The van der Waals surface area contributed by atoms with E-state index in [4.69, 9.17) is 9.47 Å². The quantitative estimate of drug-likeness (QED) is 0.544. The molecule has 0 spiro atoms. The van der Waals surface area contributed by atoms with Gasteiger partial charge in [-0.1, -0.05) is 12.1 Å². The van der Waals surface area contributed by atoms with Gasteiger partial charge in [0.15, 0.2) is 11.5 Å². The summed E-state index contributed by atoms with van der Waals surface area (Å²) in [6, 6.07) is 8.85. The Bertz CT molecular complexity index is 941. The van der Waals surface area contributed by atoms with Crippen LogP contribution in [0.1, 0.15) is 25.0 Å². The van der Waals surface area contributed by atoms with Crippen LogP contribution in [0.2, 0.25) is 0 Å². The predicted octanol–water partition coefficient (Wildman–Crippen LogP) is 3.18. The number of ether oxygens (including phenoxy) is 2. The van der Waals surface area contributed by atoms with Crippen LogP contribution in [-0.2, 0) is 16.6 Å². The monoisotopic (exact) mass is 394 g/mol. The average Bonchev–Trinajstić information content (AvgIpc) is 2.60. The molecule has 146 valence electrons. The van der Waals surface area contributed by atoms with Gasteiger partial charge in [-0.05, 0) is 44.0 Å². The number of benzene rings is 2. The Morgan fingerprint density at radius 2 is 1.85 bits per heavy atom. The van der Waals surface area contributed by atoms with Crippen LogP contribution in [0.15, 0.2) is 41.3 Å². The molecule has 0 saturated carbocycles. The molecular formula is C18H22N2O6S. The van der Waals surface area contributed by atoms with Gasteiger partial charge in [0.25, 0.3) is 5.69 Å². The number of nitrogens with one attached hydrogen (secondary N) is 1. The number of hydrogen-bond donors (Lipinski definition) is 1. The predicted molar refractivity (Wildman–Crippen MR) is 101 cm³/mol. The summed E-state index contributed by atoms with van der Waals surface area (Å²) < 4.78 is 38.5. The van der Waals surface area contributed by atoms with Crippen LogP contribution >= 0.6 is 0 Å². The van der Waals surface area contributed by atoms with Crippen molar-refractivity contribution in [3.05, 3.63) is 57.6 Å². The first-order chi connectivity index (χ1) is 12.6. The summed E-state index contributed by atoms with van der Waals surface area (Å²) >= 11 is 0. The third-order valence-corrected chi connectivity index (χ3v) is 5.27. The van der Waals surface area contributed by atoms with Crippen molar-refractivity contribution in [1.82, 2.24) is 4.72 Å². The van der Waals surface area contributed by atoms with Gasteiger partial charge in [0.05, 0.1) is 23.0 Å². The van der Waals surface area contributed by atoms with Crippen molar-refractivity contribution in [2.75, 3.05) is 7.11 Å². The zero-order chi connectivity index (χ0) is 20.2. The molecule has 0 atom stereocenters. The topological polar surface area (TPSA) is 108 Å². The first-order valence-corrected chi connectivity index (χ1v) is 9.70. The van der Waals surface area contributed by atoms with Crippen molar-refractivity contribution < 1.29 is 22.8 Å². The number of nitrogens with zero attached hydrogens (tertiary/aromatic N) is 1. The molecule has 2 aromatic rings. The molecule has 0 bridgehead atoms. The largest absolute Gasteiger partial charge is 0.493 e. The Morgan fingerprint density at radius 3 is 2.44 bits per heavy atom. The molecule has 0 aliphatic carbocycles. The van der Waals surface area contributed by atoms with Crippen LogP contribution in [0.5, 0.6) is 11.5 Å². The minimum absolute atomic E-state index is 0.00276. The standard InChI is InChI=1S/C18H22N2O6S/c1-12(2)26-16-8-6-14(9-17(16)25-4)11-19-27(23,24)18-10-15(20(21)22)7-5-13(18)3/h5-10,12,19H,11H2,1-4H3. The van der Waals surface area contributed by atoms with E-state index in [2.05, 4.69) is 4.72 Å². The highest BCUT2D eigenvalue weighted by atomic mass is 32.2. The number of non-ortho nitro benzene ring substituents is 1. The maximum atomic E-state index is 12.6. The van der Waals surface area contributed by atoms with Gasteiger partial charge in [-0.2, -0.15) is 0 Å². The molecule has 0 aliphatic rings. The SMILES string of the molecule is COc1cc(CNS(=O)(=O)c2cc([N+](=O)[O-])ccc2C)ccc1OC(C)C. The fourth-order valence-electron chi connectivity index (χ4n) is 2.42. The summed E-state index contributed by atoms with van der Waals surface area (Å²) in [6.07, 6.45) is -0.0277. The summed E-state index contributed by atoms with van der Waals surface area (Å²) in [5, 5.41) is 10.9. The van der Waals surface area contributed by atoms with E-state index in [-0.39, 0.29) is 23.2 Å². The number of nitro groups is 1. The molecule has 0 saturated heterocycles. The van der Waals surface area contributed by atoms with Gasteiger partial charge in [0.2, 0.25) is 10.0 Å². The van der Waals surface area contributed by atoms with Gasteiger partial charge in [0, 0.05) is 18.7 Å². The molecule has 27 heavy (non-hydrogen) atoms. The van der Waals surface area contributed by atoms with Crippen LogP contribution in [0.3, 0.4) is 0 Å². The minimum Gasteiger partial charge on any atom is -0.493 e. The zero-order valence-corrected chi connectivity index (χ0v) is 16.4. The molecule has 9 heteroatoms. The molecule has 0 fully saturated rings. The highest BCUT2D eigenvalue weighted by Gasteiger charge is 2.20. The van der Waals surface area contributed by atoms with Gasteiger partial charge in [-0.3, -0.25) is 10.1 Å². The van der Waals surface area contributed by atoms with Gasteiger partial charge < -0.3 is 9.47 Å². The summed E-state index contributed by atoms with van der Waals surface area (Å²) in [5.74, 6) is 1.06. The summed E-state index contributed by atoms with van der Waals surface area (Å²) in [4.78, 5) is 10.2. The first kappa shape index (κ1) is 20.7. The Hall–Kier alpha value is -2.65. The Morgan fingerprint density at radius 1 is 1.15 bits per heavy atom. The van der Waals surface area contributed by atoms with Crippen molar-refractivity contribution in [1.29, 1.82) is 0 Å². The van der Waals surface area contributed by atoms with Crippen LogP contribution in [-0.4, -0.2) is 26.6 Å². The number of methoxy groups -OCH3 is 1. The summed E-state index contributed by atoms with van der Waals surface area (Å²) in [5.41, 5.74) is 0.804. The highest BCUT2D eigenvalue weighted by Crippen LogP contribution is 2.29. The van der Waals surface area contributed by atoms with Gasteiger partial charge in [0.1, 0.15) is 0 Å². The molecule has 2 rings (SSSR count). The third kappa shape index (κ3) is 5.18. The Labute approximate surface area is 158 Å². The molecule has 1 N–H and O–H groups in total. The molecule has 0 heterocycles. The molecule has 0 amide bonds. The second kappa shape index (κ2) is 8.36. The molecular weight excluding hydrogens is 372 g/mol. The smallest absolute Gasteiger partial charge is 0.270 e. The molecule has 0 aromatic heterocycles. The number of rotatable bonds is 8. The lowest BCUT2D eigenvalue weighted by Crippen LogP contribution is -2.24. The molecule has 0 unspecified atom stereocenters. The maximum absolute atomic E-state index is 12.6. The fraction of sp³-hybridized carbons (Fsp3) is 0.333. The Balaban J connectivity index is 2.23. The number of nitro benzene ring substituents is 1. The van der Waals surface area contributed by atoms with E-state index in [1.165, 1.54) is 19.2 Å². The van der Waals surface area contributed by atoms with Crippen molar-refractivity contribution in [2.45, 2.75) is 38.3 Å². The molecule has 0 aliphatic heterocycles. The fourth-order valence-corrected chi connectivity index (χ4v) is 3.70. The van der Waals surface area contributed by atoms with Crippen LogP contribution in [0, 0.1) is 17.0 Å². The van der Waals surface area contributed by atoms with Crippen molar-refractivity contribution in [3.8, 4) is 11.5 Å². The number of hydrogen-bond acceptors (Lipinski definition) is 6. The van der Waals surface area contributed by atoms with Gasteiger partial charge >= 0.3 is 0 Å². The van der Waals surface area contributed by atoms with E-state index in [1.807, 2.05) is 13.8 Å². The zero-order valence-electron chi connectivity index (χ0n) is 15.6. The first-order valence-electron chi connectivity index (χ1n) is 8.22. The molecule has 8 nitrogen and oxygen atoms in total. The number of sulfonamides is 1. The number of aryl methyl sites for hydroxylation is 1. The summed E-state index contributed by atoms with van der Waals surface area (Å²) in [7, 11) is -2.42. The van der Waals surface area contributed by atoms with Crippen LogP contribution in [0.4, 0.5) is 5.69 Å². The van der Waals surface area contributed by atoms with Gasteiger partial charge in [-0.25, -0.2) is 13.1 Å². The highest BCUT2D eigenvalue weighted by molar-refractivity contribution is 7.89. The molecule has 2 aromatic carbocycles. The lowest BCUT2D eigenvalue weighted by molar-refractivity contribution is -0.385. The van der Waals surface area contributed by atoms with Crippen LogP contribution < -0.4 is 14.2 Å². The second-order valence-corrected chi connectivity index (χ2v) is 7.92. The minimum atomic E-state index is -3.92. The molecule has 0 radical (unpaired) electrons. The van der Waals surface area contributed by atoms with Crippen LogP contribution in [0.25, 0.3) is 0 Å². The van der Waals surface area contributed by atoms with Crippen molar-refractivity contribution in [2.24, 2.45) is 0 Å². The van der Waals surface area contributed by atoms with E-state index in [1.54, 1.807) is 25.1 Å². The summed E-state index contributed by atoms with van der Waals surface area (Å²) in [6.45, 7) is 5.37. The van der Waals surface area contributed by atoms with E-state index in [0.29, 0.717) is 22.6 Å². The lowest BCUT2D eigenvalue weighted by Gasteiger charge is -2.15. The average molecular weight is 394 g/mol. The van der Waals surface area contributed by atoms with E-state index in [9.17, 15) is 18.5 Å². The van der Waals surface area contributed by atoms with E-state index in [0.717, 1.165) is 6.07 Å². The van der Waals surface area contributed by atoms with Crippen molar-refractivity contribution >= 4 is 15.7 Å². The lowest BCUT2D eigenvalue weighted by atomic mass is 10.2.